The van der Waals surface area contributed by atoms with Gasteiger partial charge in [0.05, 0.1) is 6.54 Å². The van der Waals surface area contributed by atoms with Crippen LogP contribution in [-0.4, -0.2) is 18.4 Å². The minimum absolute atomic E-state index is 0.00427. The number of hydrogen-bond donors (Lipinski definition) is 3. The van der Waals surface area contributed by atoms with E-state index in [2.05, 4.69) is 10.6 Å². The molecule has 86 valence electrons. The fraction of sp³-hybridized carbons (Fsp3) is 0.273. The highest BCUT2D eigenvalue weighted by molar-refractivity contribution is 5.83. The van der Waals surface area contributed by atoms with E-state index in [0.717, 1.165) is 5.56 Å². The first-order chi connectivity index (χ1) is 7.58. The van der Waals surface area contributed by atoms with Gasteiger partial charge in [0, 0.05) is 19.2 Å². The van der Waals surface area contributed by atoms with Crippen molar-refractivity contribution in [1.29, 1.82) is 0 Å². The first-order valence-electron chi connectivity index (χ1n) is 4.93. The molecule has 4 N–H and O–H groups in total. The molecule has 0 saturated carbocycles. The van der Waals surface area contributed by atoms with Gasteiger partial charge in [0.1, 0.15) is 0 Å². The van der Waals surface area contributed by atoms with E-state index in [1.807, 2.05) is 12.1 Å². The summed E-state index contributed by atoms with van der Waals surface area (Å²) in [6.07, 6.45) is 0. The number of benzene rings is 1. The molecule has 0 bridgehead atoms. The van der Waals surface area contributed by atoms with Crippen LogP contribution in [0.3, 0.4) is 0 Å². The lowest BCUT2D eigenvalue weighted by molar-refractivity contribution is -0.125. The van der Waals surface area contributed by atoms with Crippen molar-refractivity contribution >= 4 is 17.5 Å². The highest BCUT2D eigenvalue weighted by Crippen LogP contribution is 2.04. The lowest BCUT2D eigenvalue weighted by Crippen LogP contribution is -2.35. The molecule has 5 heteroatoms. The second-order valence-corrected chi connectivity index (χ2v) is 3.43. The predicted molar refractivity (Wildman–Crippen MR) is 61.4 cm³/mol. The van der Waals surface area contributed by atoms with E-state index < -0.39 is 0 Å². The van der Waals surface area contributed by atoms with Crippen molar-refractivity contribution in [1.82, 2.24) is 10.6 Å². The molecule has 1 aromatic carbocycles. The molecule has 5 nitrogen and oxygen atoms in total. The number of hydrogen-bond acceptors (Lipinski definition) is 3. The number of anilines is 1. The molecule has 0 fully saturated rings. The van der Waals surface area contributed by atoms with Crippen LogP contribution in [0.5, 0.6) is 0 Å². The van der Waals surface area contributed by atoms with Crippen molar-refractivity contribution in [3.63, 3.8) is 0 Å². The van der Waals surface area contributed by atoms with Crippen molar-refractivity contribution in [3.8, 4) is 0 Å². The maximum Gasteiger partial charge on any atom is 0.239 e. The summed E-state index contributed by atoms with van der Waals surface area (Å²) in [6, 6.07) is 7.23. The van der Waals surface area contributed by atoms with Crippen LogP contribution >= 0.6 is 0 Å². The van der Waals surface area contributed by atoms with Crippen LogP contribution < -0.4 is 16.4 Å². The number of carbonyl (C=O) groups excluding carboxylic acids is 2. The van der Waals surface area contributed by atoms with Gasteiger partial charge in [0.15, 0.2) is 0 Å². The van der Waals surface area contributed by atoms with Gasteiger partial charge in [-0.3, -0.25) is 9.59 Å². The van der Waals surface area contributed by atoms with Gasteiger partial charge in [-0.1, -0.05) is 12.1 Å². The Labute approximate surface area is 94.0 Å². The molecular formula is C11H15N3O2. The van der Waals surface area contributed by atoms with Gasteiger partial charge in [-0.15, -0.1) is 0 Å². The Morgan fingerprint density at radius 2 is 1.81 bits per heavy atom. The fourth-order valence-corrected chi connectivity index (χ4v) is 1.10. The molecule has 0 saturated heterocycles. The smallest absolute Gasteiger partial charge is 0.239 e. The summed E-state index contributed by atoms with van der Waals surface area (Å²) < 4.78 is 0. The molecule has 0 aliphatic carbocycles. The average Bonchev–Trinajstić information content (AvgIpc) is 2.25. The third kappa shape index (κ3) is 4.45. The second-order valence-electron chi connectivity index (χ2n) is 3.43. The number of carbonyl (C=O) groups is 2. The van der Waals surface area contributed by atoms with Crippen molar-refractivity contribution in [3.05, 3.63) is 29.8 Å². The zero-order chi connectivity index (χ0) is 12.0. The Hall–Kier alpha value is -2.04. The standard InChI is InChI=1S/C11H15N3O2/c1-8(15)13-7-11(16)14-6-9-2-4-10(12)5-3-9/h2-5H,6-7,12H2,1H3,(H,13,15)(H,14,16). The normalized spacial score (nSPS) is 9.56. The van der Waals surface area contributed by atoms with Crippen molar-refractivity contribution in [2.45, 2.75) is 13.5 Å². The lowest BCUT2D eigenvalue weighted by atomic mass is 10.2. The fourth-order valence-electron chi connectivity index (χ4n) is 1.10. The van der Waals surface area contributed by atoms with E-state index in [1.54, 1.807) is 12.1 Å². The van der Waals surface area contributed by atoms with E-state index in [9.17, 15) is 9.59 Å². The van der Waals surface area contributed by atoms with E-state index in [4.69, 9.17) is 5.73 Å². The van der Waals surface area contributed by atoms with Gasteiger partial charge in [-0.05, 0) is 17.7 Å². The molecule has 1 rings (SSSR count). The molecule has 0 spiro atoms. The average molecular weight is 221 g/mol. The predicted octanol–water partition coefficient (Wildman–Crippen LogP) is 0.0211. The summed E-state index contributed by atoms with van der Waals surface area (Å²) in [5, 5.41) is 5.10. The highest BCUT2D eigenvalue weighted by Gasteiger charge is 2.01. The van der Waals surface area contributed by atoms with Crippen LogP contribution in [0, 0.1) is 0 Å². The summed E-state index contributed by atoms with van der Waals surface area (Å²) in [4.78, 5) is 21.8. The van der Waals surface area contributed by atoms with E-state index >= 15 is 0 Å². The summed E-state index contributed by atoms with van der Waals surface area (Å²) >= 11 is 0. The Morgan fingerprint density at radius 3 is 2.38 bits per heavy atom. The molecule has 0 atom stereocenters. The number of nitrogens with one attached hydrogen (secondary N) is 2. The van der Waals surface area contributed by atoms with E-state index in [-0.39, 0.29) is 18.4 Å². The van der Waals surface area contributed by atoms with Crippen LogP contribution in [0.15, 0.2) is 24.3 Å². The largest absolute Gasteiger partial charge is 0.399 e. The molecule has 0 aliphatic rings. The van der Waals surface area contributed by atoms with Crippen LogP contribution in [-0.2, 0) is 16.1 Å². The second kappa shape index (κ2) is 5.75. The molecule has 0 unspecified atom stereocenters. The molecule has 0 aromatic heterocycles. The van der Waals surface area contributed by atoms with Gasteiger partial charge in [0.25, 0.3) is 0 Å². The SMILES string of the molecule is CC(=O)NCC(=O)NCc1ccc(N)cc1. The van der Waals surface area contributed by atoms with Gasteiger partial charge in [0.2, 0.25) is 11.8 Å². The third-order valence-corrected chi connectivity index (χ3v) is 1.97. The van der Waals surface area contributed by atoms with Crippen LogP contribution in [0.2, 0.25) is 0 Å². The zero-order valence-electron chi connectivity index (χ0n) is 9.12. The Kier molecular flexibility index (Phi) is 4.32. The van der Waals surface area contributed by atoms with E-state index in [0.29, 0.717) is 12.2 Å². The monoisotopic (exact) mass is 221 g/mol. The topological polar surface area (TPSA) is 84.2 Å². The number of nitrogens with two attached hydrogens (primary N) is 1. The third-order valence-electron chi connectivity index (χ3n) is 1.97. The number of nitrogen functional groups attached to an aromatic ring is 1. The van der Waals surface area contributed by atoms with Crippen molar-refractivity contribution in [2.75, 3.05) is 12.3 Å². The number of rotatable bonds is 4. The lowest BCUT2D eigenvalue weighted by Gasteiger charge is -2.05. The molecule has 0 radical (unpaired) electrons. The van der Waals surface area contributed by atoms with Crippen molar-refractivity contribution in [2.24, 2.45) is 0 Å². The van der Waals surface area contributed by atoms with Gasteiger partial charge in [-0.25, -0.2) is 0 Å². The summed E-state index contributed by atoms with van der Waals surface area (Å²) in [5.74, 6) is -0.436. The highest BCUT2D eigenvalue weighted by atomic mass is 16.2. The Bertz CT molecular complexity index is 373. The Morgan fingerprint density at radius 1 is 1.19 bits per heavy atom. The molecule has 1 aromatic rings. The molecule has 16 heavy (non-hydrogen) atoms. The van der Waals surface area contributed by atoms with Gasteiger partial charge >= 0.3 is 0 Å². The quantitative estimate of drug-likeness (QED) is 0.627. The van der Waals surface area contributed by atoms with Gasteiger partial charge < -0.3 is 16.4 Å². The van der Waals surface area contributed by atoms with Crippen LogP contribution in [0.1, 0.15) is 12.5 Å². The maximum atomic E-state index is 11.2. The first-order valence-corrected chi connectivity index (χ1v) is 4.93. The van der Waals surface area contributed by atoms with Crippen LogP contribution in [0.4, 0.5) is 5.69 Å². The summed E-state index contributed by atoms with van der Waals surface area (Å²) in [7, 11) is 0. The number of amides is 2. The van der Waals surface area contributed by atoms with Crippen LogP contribution in [0.25, 0.3) is 0 Å². The summed E-state index contributed by atoms with van der Waals surface area (Å²) in [5.41, 5.74) is 7.18. The maximum absolute atomic E-state index is 11.2. The van der Waals surface area contributed by atoms with Crippen molar-refractivity contribution < 1.29 is 9.59 Å². The molecule has 0 aliphatic heterocycles. The first kappa shape index (κ1) is 12.0. The molecule has 0 heterocycles. The minimum atomic E-state index is -0.220. The van der Waals surface area contributed by atoms with E-state index in [1.165, 1.54) is 6.92 Å². The zero-order valence-corrected chi connectivity index (χ0v) is 9.12. The van der Waals surface area contributed by atoms with Gasteiger partial charge in [-0.2, -0.15) is 0 Å². The molecular weight excluding hydrogens is 206 g/mol. The summed E-state index contributed by atoms with van der Waals surface area (Å²) in [6.45, 7) is 1.80. The minimum Gasteiger partial charge on any atom is -0.399 e. The molecule has 2 amide bonds. The Balaban J connectivity index is 2.31.